The number of nitrogens with zero attached hydrogens (tertiary/aromatic N) is 1. The monoisotopic (exact) mass is 404 g/mol. The summed E-state index contributed by atoms with van der Waals surface area (Å²) < 4.78 is 38.5. The molecule has 2 fully saturated rings. The number of amides is 1. The van der Waals surface area contributed by atoms with E-state index in [1.54, 1.807) is 0 Å². The van der Waals surface area contributed by atoms with Crippen LogP contribution in [0.1, 0.15) is 45.1 Å². The SMILES string of the molecule is CC(C)[C@H](Nc1ccc(C(F)(F)F)cc1Cl)C(=O)N1C2CCC1CC(O)C2. The van der Waals surface area contributed by atoms with Crippen LogP contribution >= 0.6 is 11.6 Å². The molecule has 2 unspecified atom stereocenters. The van der Waals surface area contributed by atoms with Crippen LogP contribution in [0.15, 0.2) is 18.2 Å². The van der Waals surface area contributed by atoms with Crippen molar-refractivity contribution in [1.29, 1.82) is 0 Å². The number of fused-ring (bicyclic) bond motifs is 2. The number of anilines is 1. The molecule has 4 nitrogen and oxygen atoms in total. The summed E-state index contributed by atoms with van der Waals surface area (Å²) in [5.41, 5.74) is -0.519. The third kappa shape index (κ3) is 4.19. The van der Waals surface area contributed by atoms with Crippen LogP contribution in [-0.4, -0.2) is 40.1 Å². The van der Waals surface area contributed by atoms with Crippen molar-refractivity contribution < 1.29 is 23.1 Å². The summed E-state index contributed by atoms with van der Waals surface area (Å²) in [6.45, 7) is 3.77. The second-order valence-corrected chi connectivity index (χ2v) is 8.22. The molecule has 2 aliphatic rings. The number of carbonyl (C=O) groups excluding carboxylic acids is 1. The molecule has 2 aliphatic heterocycles. The van der Waals surface area contributed by atoms with E-state index in [-0.39, 0.29) is 35.0 Å². The van der Waals surface area contributed by atoms with Crippen LogP contribution in [0.2, 0.25) is 5.02 Å². The lowest BCUT2D eigenvalue weighted by molar-refractivity contribution is -0.139. The summed E-state index contributed by atoms with van der Waals surface area (Å²) in [7, 11) is 0. The second kappa shape index (κ2) is 7.51. The number of aliphatic hydroxyl groups excluding tert-OH is 1. The second-order valence-electron chi connectivity index (χ2n) is 7.81. The maximum absolute atomic E-state index is 13.2. The van der Waals surface area contributed by atoms with E-state index in [4.69, 9.17) is 11.6 Å². The van der Waals surface area contributed by atoms with Gasteiger partial charge in [-0.15, -0.1) is 0 Å². The number of hydrogen-bond acceptors (Lipinski definition) is 3. The maximum atomic E-state index is 13.2. The first-order valence-corrected chi connectivity index (χ1v) is 9.59. The molecule has 0 aromatic heterocycles. The largest absolute Gasteiger partial charge is 0.416 e. The third-order valence-electron chi connectivity index (χ3n) is 5.50. The van der Waals surface area contributed by atoms with Crippen molar-refractivity contribution in [2.45, 2.75) is 69.9 Å². The number of benzene rings is 1. The normalized spacial score (nSPS) is 26.4. The average Bonchev–Trinajstić information content (AvgIpc) is 2.83. The molecule has 8 heteroatoms. The highest BCUT2D eigenvalue weighted by Gasteiger charge is 2.45. The van der Waals surface area contributed by atoms with E-state index in [1.165, 1.54) is 6.07 Å². The Morgan fingerprint density at radius 1 is 1.26 bits per heavy atom. The highest BCUT2D eigenvalue weighted by atomic mass is 35.5. The van der Waals surface area contributed by atoms with E-state index in [0.29, 0.717) is 18.5 Å². The number of piperidine rings is 1. The van der Waals surface area contributed by atoms with Gasteiger partial charge in [-0.3, -0.25) is 4.79 Å². The van der Waals surface area contributed by atoms with Gasteiger partial charge < -0.3 is 15.3 Å². The molecule has 0 spiro atoms. The van der Waals surface area contributed by atoms with E-state index in [2.05, 4.69) is 5.32 Å². The summed E-state index contributed by atoms with van der Waals surface area (Å²) in [6.07, 6.45) is -1.94. The number of carbonyl (C=O) groups is 1. The van der Waals surface area contributed by atoms with Gasteiger partial charge in [0.25, 0.3) is 0 Å². The standard InChI is InChI=1S/C19H24ClF3N2O2/c1-10(2)17(18(27)25-12-4-5-13(25)9-14(26)8-12)24-16-6-3-11(7-15(16)20)19(21,22)23/h3,6-7,10,12-14,17,24,26H,4-5,8-9H2,1-2H3/t12?,13?,14?,17-/m0/s1. The third-order valence-corrected chi connectivity index (χ3v) is 5.82. The zero-order chi connectivity index (χ0) is 19.9. The highest BCUT2D eigenvalue weighted by molar-refractivity contribution is 6.33. The summed E-state index contributed by atoms with van der Waals surface area (Å²) >= 11 is 6.04. The Bertz CT molecular complexity index is 697. The number of rotatable bonds is 4. The minimum atomic E-state index is -4.47. The van der Waals surface area contributed by atoms with Gasteiger partial charge in [-0.1, -0.05) is 25.4 Å². The molecule has 1 aromatic rings. The van der Waals surface area contributed by atoms with Gasteiger partial charge in [-0.25, -0.2) is 0 Å². The molecule has 3 atom stereocenters. The summed E-state index contributed by atoms with van der Waals surface area (Å²) in [5.74, 6) is -0.164. The number of halogens is 4. The molecule has 0 aliphatic carbocycles. The molecular formula is C19H24ClF3N2O2. The van der Waals surface area contributed by atoms with Crippen molar-refractivity contribution >= 4 is 23.2 Å². The summed E-state index contributed by atoms with van der Waals surface area (Å²) in [6, 6.07) is 2.54. The zero-order valence-electron chi connectivity index (χ0n) is 15.3. The average molecular weight is 405 g/mol. The molecule has 1 aromatic carbocycles. The van der Waals surface area contributed by atoms with E-state index in [0.717, 1.165) is 25.0 Å². The molecule has 0 radical (unpaired) electrons. The molecule has 2 bridgehead atoms. The Balaban J connectivity index is 1.80. The van der Waals surface area contributed by atoms with Crippen molar-refractivity contribution in [2.24, 2.45) is 5.92 Å². The highest BCUT2D eigenvalue weighted by Crippen LogP contribution is 2.38. The topological polar surface area (TPSA) is 52.6 Å². The van der Waals surface area contributed by atoms with Gasteiger partial charge >= 0.3 is 6.18 Å². The first kappa shape index (κ1) is 20.3. The van der Waals surface area contributed by atoms with E-state index >= 15 is 0 Å². The van der Waals surface area contributed by atoms with Gasteiger partial charge in [0, 0.05) is 12.1 Å². The Hall–Kier alpha value is -1.47. The number of aliphatic hydroxyl groups is 1. The van der Waals surface area contributed by atoms with Gasteiger partial charge in [0.05, 0.1) is 22.4 Å². The first-order valence-electron chi connectivity index (χ1n) is 9.21. The Labute approximate surface area is 161 Å². The molecule has 2 N–H and O–H groups in total. The number of nitrogens with one attached hydrogen (secondary N) is 1. The molecule has 2 saturated heterocycles. The van der Waals surface area contributed by atoms with Gasteiger partial charge in [-0.05, 0) is 49.8 Å². The minimum Gasteiger partial charge on any atom is -0.393 e. The smallest absolute Gasteiger partial charge is 0.393 e. The molecular weight excluding hydrogens is 381 g/mol. The number of hydrogen-bond donors (Lipinski definition) is 2. The summed E-state index contributed by atoms with van der Waals surface area (Å²) in [5, 5.41) is 12.9. The molecule has 150 valence electrons. The molecule has 0 saturated carbocycles. The van der Waals surface area contributed by atoms with Crippen molar-refractivity contribution in [2.75, 3.05) is 5.32 Å². The summed E-state index contributed by atoms with van der Waals surface area (Å²) in [4.78, 5) is 15.1. The lowest BCUT2D eigenvalue weighted by Crippen LogP contribution is -2.54. The Morgan fingerprint density at radius 3 is 2.33 bits per heavy atom. The zero-order valence-corrected chi connectivity index (χ0v) is 16.0. The predicted molar refractivity (Wildman–Crippen MR) is 97.6 cm³/mol. The first-order chi connectivity index (χ1) is 12.6. The molecule has 27 heavy (non-hydrogen) atoms. The van der Waals surface area contributed by atoms with Crippen LogP contribution in [-0.2, 0) is 11.0 Å². The molecule has 3 rings (SSSR count). The van der Waals surface area contributed by atoms with Gasteiger partial charge in [0.2, 0.25) is 5.91 Å². The lowest BCUT2D eigenvalue weighted by atomic mass is 9.95. The van der Waals surface area contributed by atoms with Gasteiger partial charge in [-0.2, -0.15) is 13.2 Å². The quantitative estimate of drug-likeness (QED) is 0.786. The Morgan fingerprint density at radius 2 is 1.85 bits per heavy atom. The predicted octanol–water partition coefficient (Wildman–Crippen LogP) is 4.31. The molecule has 2 heterocycles. The maximum Gasteiger partial charge on any atom is 0.416 e. The fraction of sp³-hybridized carbons (Fsp3) is 0.632. The van der Waals surface area contributed by atoms with Crippen molar-refractivity contribution in [3.8, 4) is 0 Å². The van der Waals surface area contributed by atoms with Crippen LogP contribution in [0.4, 0.5) is 18.9 Å². The number of alkyl halides is 3. The van der Waals surface area contributed by atoms with Gasteiger partial charge in [0.15, 0.2) is 0 Å². The van der Waals surface area contributed by atoms with E-state index in [9.17, 15) is 23.1 Å². The van der Waals surface area contributed by atoms with Crippen LogP contribution in [0.25, 0.3) is 0 Å². The van der Waals surface area contributed by atoms with Crippen LogP contribution < -0.4 is 5.32 Å². The van der Waals surface area contributed by atoms with Gasteiger partial charge in [0.1, 0.15) is 6.04 Å². The fourth-order valence-electron chi connectivity index (χ4n) is 4.16. The minimum absolute atomic E-state index is 0.0253. The van der Waals surface area contributed by atoms with Crippen molar-refractivity contribution in [3.05, 3.63) is 28.8 Å². The van der Waals surface area contributed by atoms with E-state index < -0.39 is 17.8 Å². The van der Waals surface area contributed by atoms with Crippen LogP contribution in [0, 0.1) is 5.92 Å². The molecule has 1 amide bonds. The lowest BCUT2D eigenvalue weighted by Gasteiger charge is -2.40. The van der Waals surface area contributed by atoms with E-state index in [1.807, 2.05) is 18.7 Å². The van der Waals surface area contributed by atoms with Crippen molar-refractivity contribution in [1.82, 2.24) is 4.90 Å². The van der Waals surface area contributed by atoms with Crippen LogP contribution in [0.5, 0.6) is 0 Å². The van der Waals surface area contributed by atoms with Crippen molar-refractivity contribution in [3.63, 3.8) is 0 Å². The fourth-order valence-corrected chi connectivity index (χ4v) is 4.39. The Kier molecular flexibility index (Phi) is 5.64. The van der Waals surface area contributed by atoms with Crippen LogP contribution in [0.3, 0.4) is 0 Å².